The van der Waals surface area contributed by atoms with Crippen LogP contribution in [0.4, 0.5) is 4.39 Å². The summed E-state index contributed by atoms with van der Waals surface area (Å²) in [6.45, 7) is 7.10. The van der Waals surface area contributed by atoms with Crippen molar-refractivity contribution in [3.05, 3.63) is 65.5 Å². The number of rotatable bonds is 17. The summed E-state index contributed by atoms with van der Waals surface area (Å²) >= 11 is 0. The lowest BCUT2D eigenvalue weighted by Gasteiger charge is -2.25. The summed E-state index contributed by atoms with van der Waals surface area (Å²) in [4.78, 5) is 39.8. The van der Waals surface area contributed by atoms with Crippen LogP contribution >= 0.6 is 0 Å². The predicted octanol–water partition coefficient (Wildman–Crippen LogP) is 4.97. The third-order valence-corrected chi connectivity index (χ3v) is 8.08. The predicted molar refractivity (Wildman–Crippen MR) is 161 cm³/mol. The minimum absolute atomic E-state index is 0.0648. The quantitative estimate of drug-likeness (QED) is 0.247. The summed E-state index contributed by atoms with van der Waals surface area (Å²) in [5, 5.41) is 8.98. The maximum absolute atomic E-state index is 13.6. The normalized spacial score (nSPS) is 17.4. The van der Waals surface area contributed by atoms with Crippen molar-refractivity contribution in [2.24, 2.45) is 23.7 Å². The van der Waals surface area contributed by atoms with Crippen LogP contribution in [0.3, 0.4) is 0 Å². The van der Waals surface area contributed by atoms with Gasteiger partial charge in [-0.15, -0.1) is 0 Å². The van der Waals surface area contributed by atoms with Gasteiger partial charge in [0.05, 0.1) is 6.61 Å². The van der Waals surface area contributed by atoms with Gasteiger partial charge in [-0.3, -0.25) is 14.4 Å². The Morgan fingerprint density at radius 1 is 0.929 bits per heavy atom. The number of carbonyl (C=O) groups is 3. The van der Waals surface area contributed by atoms with Crippen LogP contribution in [0.5, 0.6) is 5.75 Å². The van der Waals surface area contributed by atoms with Gasteiger partial charge in [0.25, 0.3) is 0 Å². The molecule has 3 N–H and O–H groups in total. The van der Waals surface area contributed by atoms with E-state index in [1.54, 1.807) is 19.1 Å². The number of halogens is 1. The van der Waals surface area contributed by atoms with E-state index in [9.17, 15) is 18.8 Å². The molecule has 4 atom stereocenters. The topological polar surface area (TPSA) is 96.5 Å². The lowest BCUT2D eigenvalue weighted by Crippen LogP contribution is -2.55. The Morgan fingerprint density at radius 3 is 2.38 bits per heavy atom. The Kier molecular flexibility index (Phi) is 11.4. The van der Waals surface area contributed by atoms with Crippen molar-refractivity contribution in [2.45, 2.75) is 84.2 Å². The van der Waals surface area contributed by atoms with E-state index in [-0.39, 0.29) is 35.4 Å². The molecule has 228 valence electrons. The van der Waals surface area contributed by atoms with Crippen molar-refractivity contribution >= 4 is 17.7 Å². The first kappa shape index (κ1) is 31.5. The van der Waals surface area contributed by atoms with Gasteiger partial charge in [0.1, 0.15) is 23.7 Å². The van der Waals surface area contributed by atoms with Gasteiger partial charge in [0.2, 0.25) is 17.7 Å². The van der Waals surface area contributed by atoms with Crippen LogP contribution in [0.25, 0.3) is 0 Å². The molecular weight excluding hydrogens is 533 g/mol. The molecular formula is C34H46FN3O4. The molecule has 8 heteroatoms. The fourth-order valence-corrected chi connectivity index (χ4v) is 5.28. The second kappa shape index (κ2) is 15.2. The average Bonchev–Trinajstić information content (AvgIpc) is 3.89. The molecule has 2 aliphatic rings. The summed E-state index contributed by atoms with van der Waals surface area (Å²) < 4.78 is 19.5. The van der Waals surface area contributed by atoms with Gasteiger partial charge in [0, 0.05) is 12.5 Å². The molecule has 0 bridgehead atoms. The van der Waals surface area contributed by atoms with Crippen LogP contribution < -0.4 is 20.7 Å². The lowest BCUT2D eigenvalue weighted by atomic mass is 9.99. The van der Waals surface area contributed by atoms with Crippen LogP contribution in [0.2, 0.25) is 0 Å². The number of para-hydroxylation sites is 1. The van der Waals surface area contributed by atoms with Crippen LogP contribution in [0.1, 0.15) is 70.4 Å². The van der Waals surface area contributed by atoms with E-state index in [2.05, 4.69) is 35.9 Å². The molecule has 2 aliphatic carbocycles. The minimum atomic E-state index is -0.680. The second-order valence-corrected chi connectivity index (χ2v) is 12.3. The summed E-state index contributed by atoms with van der Waals surface area (Å²) in [6.07, 6.45) is 6.52. The number of benzene rings is 2. The molecule has 42 heavy (non-hydrogen) atoms. The van der Waals surface area contributed by atoms with Gasteiger partial charge in [-0.1, -0.05) is 63.9 Å². The van der Waals surface area contributed by atoms with Gasteiger partial charge < -0.3 is 20.7 Å². The fraction of sp³-hybridized carbons (Fsp3) is 0.559. The summed E-state index contributed by atoms with van der Waals surface area (Å²) in [6, 6.07) is 12.9. The Hall–Kier alpha value is -3.42. The molecule has 2 saturated carbocycles. The number of amides is 3. The lowest BCUT2D eigenvalue weighted by molar-refractivity contribution is -0.133. The highest BCUT2D eigenvalue weighted by Crippen LogP contribution is 2.35. The molecule has 0 saturated heterocycles. The van der Waals surface area contributed by atoms with Crippen LogP contribution in [-0.2, 0) is 27.2 Å². The molecule has 2 fully saturated rings. The third kappa shape index (κ3) is 9.85. The molecule has 7 nitrogen and oxygen atoms in total. The maximum atomic E-state index is 13.6. The van der Waals surface area contributed by atoms with Gasteiger partial charge in [-0.25, -0.2) is 4.39 Å². The van der Waals surface area contributed by atoms with E-state index in [1.807, 2.05) is 18.2 Å². The largest absolute Gasteiger partial charge is 0.493 e. The molecule has 0 aromatic heterocycles. The number of hydrogen-bond donors (Lipinski definition) is 3. The molecule has 2 aromatic rings. The first-order chi connectivity index (χ1) is 20.2. The van der Waals surface area contributed by atoms with E-state index < -0.39 is 18.0 Å². The molecule has 0 spiro atoms. The number of ether oxygens (including phenoxy) is 1. The van der Waals surface area contributed by atoms with Crippen molar-refractivity contribution in [2.75, 3.05) is 13.2 Å². The highest BCUT2D eigenvalue weighted by atomic mass is 19.1. The van der Waals surface area contributed by atoms with Gasteiger partial charge in [-0.05, 0) is 85.6 Å². The minimum Gasteiger partial charge on any atom is -0.493 e. The van der Waals surface area contributed by atoms with E-state index >= 15 is 0 Å². The number of hydrogen-bond acceptors (Lipinski definition) is 4. The molecule has 0 unspecified atom stereocenters. The van der Waals surface area contributed by atoms with Crippen molar-refractivity contribution in [1.29, 1.82) is 0 Å². The van der Waals surface area contributed by atoms with Crippen molar-refractivity contribution < 1.29 is 23.5 Å². The highest BCUT2D eigenvalue weighted by Gasteiger charge is 2.40. The van der Waals surface area contributed by atoms with E-state index in [0.29, 0.717) is 31.9 Å². The number of carbonyl (C=O) groups excluding carboxylic acids is 3. The zero-order valence-electron chi connectivity index (χ0n) is 25.2. The van der Waals surface area contributed by atoms with Crippen LogP contribution in [-0.4, -0.2) is 43.0 Å². The van der Waals surface area contributed by atoms with Crippen molar-refractivity contribution in [3.63, 3.8) is 0 Å². The molecule has 3 amide bonds. The van der Waals surface area contributed by atoms with Gasteiger partial charge in [-0.2, -0.15) is 0 Å². The van der Waals surface area contributed by atoms with Crippen LogP contribution in [0, 0.1) is 29.5 Å². The molecule has 2 aromatic carbocycles. The smallest absolute Gasteiger partial charge is 0.243 e. The first-order valence-electron chi connectivity index (χ1n) is 15.6. The monoisotopic (exact) mass is 579 g/mol. The van der Waals surface area contributed by atoms with Gasteiger partial charge in [0.15, 0.2) is 0 Å². The summed E-state index contributed by atoms with van der Waals surface area (Å²) in [5.41, 5.74) is 1.85. The highest BCUT2D eigenvalue weighted by molar-refractivity contribution is 5.92. The average molecular weight is 580 g/mol. The van der Waals surface area contributed by atoms with E-state index in [1.165, 1.54) is 12.1 Å². The molecule has 0 heterocycles. The SMILES string of the molecule is CCCOc1ccccc1C[C@H](C)CNC(=O)[C@H](CC1CC1)NC(=O)[C@H](NC(=O)[C@H](C)Cc1cccc(F)c1)C1CC1. The Balaban J connectivity index is 1.31. The first-order valence-corrected chi connectivity index (χ1v) is 15.6. The Morgan fingerprint density at radius 2 is 1.69 bits per heavy atom. The van der Waals surface area contributed by atoms with E-state index in [4.69, 9.17) is 4.74 Å². The third-order valence-electron chi connectivity index (χ3n) is 8.08. The van der Waals surface area contributed by atoms with Crippen molar-refractivity contribution in [1.82, 2.24) is 16.0 Å². The summed E-state index contributed by atoms with van der Waals surface area (Å²) in [5.74, 6) is 0.0619. The Bertz CT molecular complexity index is 1210. The summed E-state index contributed by atoms with van der Waals surface area (Å²) in [7, 11) is 0. The van der Waals surface area contributed by atoms with Crippen molar-refractivity contribution in [3.8, 4) is 5.75 Å². The molecule has 4 rings (SSSR count). The second-order valence-electron chi connectivity index (χ2n) is 12.3. The zero-order valence-corrected chi connectivity index (χ0v) is 25.2. The van der Waals surface area contributed by atoms with Crippen LogP contribution in [0.15, 0.2) is 48.5 Å². The number of nitrogens with one attached hydrogen (secondary N) is 3. The standard InChI is InChI=1S/C34H46FN3O4/c1-4-16-42-30-11-6-5-9-27(30)17-22(2)21-36-33(40)29(20-24-12-13-24)37-34(41)31(26-14-15-26)38-32(39)23(3)18-25-8-7-10-28(35)19-25/h5-11,19,22-24,26,29,31H,4,12-18,20-21H2,1-3H3,(H,36,40)(H,37,41)(H,38,39)/t22-,23+,29-,31+/m0/s1. The van der Waals surface area contributed by atoms with Gasteiger partial charge >= 0.3 is 0 Å². The Labute approximate surface area is 249 Å². The molecule has 0 aliphatic heterocycles. The maximum Gasteiger partial charge on any atom is 0.243 e. The fourth-order valence-electron chi connectivity index (χ4n) is 5.28. The molecule has 0 radical (unpaired) electrons. The van der Waals surface area contributed by atoms with E-state index in [0.717, 1.165) is 55.4 Å². The zero-order chi connectivity index (χ0) is 30.1.